The molecule has 0 saturated carbocycles. The number of fused-ring (bicyclic) bond motifs is 6. The molecular formula is C38H27O4P. The van der Waals surface area contributed by atoms with Crippen molar-refractivity contribution < 1.29 is 18.3 Å². The maximum absolute atomic E-state index is 6.21. The van der Waals surface area contributed by atoms with Crippen molar-refractivity contribution in [2.75, 3.05) is 14.2 Å². The van der Waals surface area contributed by atoms with E-state index in [9.17, 15) is 0 Å². The Morgan fingerprint density at radius 2 is 0.977 bits per heavy atom. The quantitative estimate of drug-likeness (QED) is 0.185. The van der Waals surface area contributed by atoms with E-state index in [1.54, 1.807) is 14.2 Å². The normalized spacial score (nSPS) is 11.7. The van der Waals surface area contributed by atoms with Gasteiger partial charge < -0.3 is 18.3 Å². The van der Waals surface area contributed by atoms with Crippen LogP contribution in [0.2, 0.25) is 0 Å². The van der Waals surface area contributed by atoms with Crippen molar-refractivity contribution in [1.29, 1.82) is 0 Å². The lowest BCUT2D eigenvalue weighted by Gasteiger charge is -2.25. The molecule has 0 spiro atoms. The van der Waals surface area contributed by atoms with E-state index in [0.29, 0.717) is 0 Å². The molecule has 0 atom stereocenters. The topological polar surface area (TPSA) is 44.7 Å². The first kappa shape index (κ1) is 25.6. The molecule has 0 aliphatic carbocycles. The summed E-state index contributed by atoms with van der Waals surface area (Å²) in [5, 5.41) is 8.05. The zero-order valence-corrected chi connectivity index (χ0v) is 24.6. The van der Waals surface area contributed by atoms with Crippen molar-refractivity contribution in [1.82, 2.24) is 0 Å². The van der Waals surface area contributed by atoms with Gasteiger partial charge in [-0.1, -0.05) is 78.9 Å². The SMILES string of the molecule is COc1ccccc1-c1c(OC)cccc1P(c1ccc2oc3ccccc3c2c1)c1ccc2oc3ccccc3c2c1. The maximum Gasteiger partial charge on any atom is 0.135 e. The summed E-state index contributed by atoms with van der Waals surface area (Å²) < 4.78 is 24.3. The molecule has 4 nitrogen and oxygen atoms in total. The monoisotopic (exact) mass is 578 g/mol. The fourth-order valence-corrected chi connectivity index (χ4v) is 8.64. The van der Waals surface area contributed by atoms with Gasteiger partial charge in [-0.15, -0.1) is 0 Å². The lowest BCUT2D eigenvalue weighted by Crippen LogP contribution is -2.22. The molecule has 8 aromatic rings. The molecule has 0 fully saturated rings. The predicted molar refractivity (Wildman–Crippen MR) is 178 cm³/mol. The van der Waals surface area contributed by atoms with Gasteiger partial charge in [0.05, 0.1) is 14.2 Å². The molecule has 0 amide bonds. The number of hydrogen-bond donors (Lipinski definition) is 0. The molecule has 0 aliphatic heterocycles. The average Bonchev–Trinajstić information content (AvgIpc) is 3.62. The van der Waals surface area contributed by atoms with Crippen molar-refractivity contribution >= 4 is 67.7 Å². The van der Waals surface area contributed by atoms with E-state index in [4.69, 9.17) is 18.3 Å². The van der Waals surface area contributed by atoms with E-state index >= 15 is 0 Å². The van der Waals surface area contributed by atoms with Crippen LogP contribution >= 0.6 is 7.92 Å². The molecule has 0 bridgehead atoms. The number of methoxy groups -OCH3 is 2. The zero-order valence-electron chi connectivity index (χ0n) is 23.7. The molecule has 2 heterocycles. The molecule has 8 rings (SSSR count). The van der Waals surface area contributed by atoms with Crippen LogP contribution in [0.1, 0.15) is 0 Å². The van der Waals surface area contributed by atoms with Crippen molar-refractivity contribution in [3.8, 4) is 22.6 Å². The van der Waals surface area contributed by atoms with Crippen LogP contribution in [0.25, 0.3) is 55.0 Å². The summed E-state index contributed by atoms with van der Waals surface area (Å²) in [6, 6.07) is 44.2. The predicted octanol–water partition coefficient (Wildman–Crippen LogP) is 8.93. The van der Waals surface area contributed by atoms with E-state index in [0.717, 1.165) is 66.5 Å². The number of ether oxygens (including phenoxy) is 2. The maximum atomic E-state index is 6.21. The molecule has 208 valence electrons. The fourth-order valence-electron chi connectivity index (χ4n) is 6.13. The number of furan rings is 2. The lowest BCUT2D eigenvalue weighted by molar-refractivity contribution is 0.410. The number of para-hydroxylation sites is 3. The molecule has 0 radical (unpaired) electrons. The van der Waals surface area contributed by atoms with Gasteiger partial charge in [-0.2, -0.15) is 0 Å². The van der Waals surface area contributed by atoms with Crippen LogP contribution in [0.4, 0.5) is 0 Å². The van der Waals surface area contributed by atoms with Crippen LogP contribution in [0.5, 0.6) is 11.5 Å². The van der Waals surface area contributed by atoms with Gasteiger partial charge in [0.25, 0.3) is 0 Å². The second-order valence-electron chi connectivity index (χ2n) is 10.4. The van der Waals surface area contributed by atoms with Gasteiger partial charge in [0.15, 0.2) is 0 Å². The summed E-state index contributed by atoms with van der Waals surface area (Å²) in [7, 11) is 2.38. The minimum absolute atomic E-state index is 0.802. The molecule has 6 aromatic carbocycles. The molecule has 2 aromatic heterocycles. The minimum atomic E-state index is -1.07. The van der Waals surface area contributed by atoms with Gasteiger partial charge in [0.1, 0.15) is 33.8 Å². The third-order valence-corrected chi connectivity index (χ3v) is 10.5. The molecule has 43 heavy (non-hydrogen) atoms. The van der Waals surface area contributed by atoms with E-state index in [-0.39, 0.29) is 0 Å². The third kappa shape index (κ3) is 4.18. The first-order valence-electron chi connectivity index (χ1n) is 14.2. The summed E-state index contributed by atoms with van der Waals surface area (Å²) in [6.45, 7) is 0. The molecule has 0 saturated heterocycles. The number of rotatable bonds is 6. The van der Waals surface area contributed by atoms with Gasteiger partial charge in [-0.3, -0.25) is 0 Å². The van der Waals surface area contributed by atoms with E-state index < -0.39 is 7.92 Å². The first-order valence-corrected chi connectivity index (χ1v) is 15.5. The van der Waals surface area contributed by atoms with Gasteiger partial charge in [-0.25, -0.2) is 0 Å². The van der Waals surface area contributed by atoms with Gasteiger partial charge in [0.2, 0.25) is 0 Å². The van der Waals surface area contributed by atoms with Crippen LogP contribution in [0.15, 0.2) is 136 Å². The fraction of sp³-hybridized carbons (Fsp3) is 0.0526. The van der Waals surface area contributed by atoms with Crippen molar-refractivity contribution in [3.05, 3.63) is 127 Å². The standard InChI is InChI=1S/C38H27O4P/c1-39-31-13-6-5-12-28(31)38-36(40-2)16-9-17-37(38)43(24-18-20-34-29(22-24)26-10-3-7-14-32(26)41-34)25-19-21-35-30(23-25)27-11-4-8-15-33(27)42-35/h3-23H,1-2H3. The second kappa shape index (κ2) is 10.3. The third-order valence-electron chi connectivity index (χ3n) is 8.08. The first-order chi connectivity index (χ1) is 21.2. The van der Waals surface area contributed by atoms with Crippen molar-refractivity contribution in [3.63, 3.8) is 0 Å². The highest BCUT2D eigenvalue weighted by atomic mass is 31.1. The van der Waals surface area contributed by atoms with Gasteiger partial charge >= 0.3 is 0 Å². The summed E-state index contributed by atoms with van der Waals surface area (Å²) >= 11 is 0. The molecule has 0 N–H and O–H groups in total. The zero-order chi connectivity index (χ0) is 28.9. The number of benzene rings is 6. The smallest absolute Gasteiger partial charge is 0.135 e. The highest BCUT2D eigenvalue weighted by Crippen LogP contribution is 2.45. The van der Waals surface area contributed by atoms with E-state index in [2.05, 4.69) is 78.9 Å². The van der Waals surface area contributed by atoms with Crippen LogP contribution < -0.4 is 25.4 Å². The summed E-state index contributed by atoms with van der Waals surface area (Å²) in [4.78, 5) is 0. The summed E-state index contributed by atoms with van der Waals surface area (Å²) in [5.41, 5.74) is 5.57. The minimum Gasteiger partial charge on any atom is -0.496 e. The Hall–Kier alpha value is -5.05. The molecular weight excluding hydrogens is 551 g/mol. The Kier molecular flexibility index (Phi) is 6.17. The van der Waals surface area contributed by atoms with Gasteiger partial charge in [0, 0.05) is 32.7 Å². The Labute approximate surface area is 249 Å². The highest BCUT2D eigenvalue weighted by molar-refractivity contribution is 7.80. The van der Waals surface area contributed by atoms with E-state index in [1.165, 1.54) is 15.9 Å². The van der Waals surface area contributed by atoms with Crippen LogP contribution in [-0.4, -0.2) is 14.2 Å². The summed E-state index contributed by atoms with van der Waals surface area (Å²) in [5.74, 6) is 1.61. The Bertz CT molecular complexity index is 2180. The largest absolute Gasteiger partial charge is 0.496 e. The Morgan fingerprint density at radius 3 is 1.58 bits per heavy atom. The summed E-state index contributed by atoms with van der Waals surface area (Å²) in [6.07, 6.45) is 0. The van der Waals surface area contributed by atoms with Gasteiger partial charge in [-0.05, 0) is 72.4 Å². The van der Waals surface area contributed by atoms with Crippen LogP contribution in [-0.2, 0) is 0 Å². The van der Waals surface area contributed by atoms with Crippen LogP contribution in [0.3, 0.4) is 0 Å². The van der Waals surface area contributed by atoms with Crippen LogP contribution in [0, 0.1) is 0 Å². The van der Waals surface area contributed by atoms with Crippen molar-refractivity contribution in [2.24, 2.45) is 0 Å². The lowest BCUT2D eigenvalue weighted by atomic mass is 10.0. The Balaban J connectivity index is 1.44. The number of hydrogen-bond acceptors (Lipinski definition) is 4. The molecule has 5 heteroatoms. The average molecular weight is 579 g/mol. The molecule has 0 aliphatic rings. The highest BCUT2D eigenvalue weighted by Gasteiger charge is 2.26. The Morgan fingerprint density at radius 1 is 0.465 bits per heavy atom. The second-order valence-corrected chi connectivity index (χ2v) is 12.6. The van der Waals surface area contributed by atoms with Crippen molar-refractivity contribution in [2.45, 2.75) is 0 Å². The molecule has 0 unspecified atom stereocenters. The van der Waals surface area contributed by atoms with E-state index in [1.807, 2.05) is 48.5 Å².